The van der Waals surface area contributed by atoms with Crippen LogP contribution in [0.1, 0.15) is 11.1 Å². The summed E-state index contributed by atoms with van der Waals surface area (Å²) in [4.78, 5) is 18.8. The van der Waals surface area contributed by atoms with E-state index in [9.17, 15) is 4.79 Å². The summed E-state index contributed by atoms with van der Waals surface area (Å²) in [6, 6.07) is 8.24. The Morgan fingerprint density at radius 2 is 1.93 bits per heavy atom. The van der Waals surface area contributed by atoms with Gasteiger partial charge in [-0.25, -0.2) is 0 Å². The van der Waals surface area contributed by atoms with Crippen LogP contribution < -0.4 is 5.32 Å². The number of nitrogens with one attached hydrogen (secondary N) is 1. The summed E-state index contributed by atoms with van der Waals surface area (Å²) in [6.45, 7) is 3.46. The fourth-order valence-corrected chi connectivity index (χ4v) is 3.56. The zero-order valence-electron chi connectivity index (χ0n) is 16.9. The van der Waals surface area contributed by atoms with Crippen molar-refractivity contribution >= 4 is 41.7 Å². The smallest absolute Gasteiger partial charge is 0.227 e. The number of furan rings is 1. The molecule has 2 aromatic heterocycles. The highest BCUT2D eigenvalue weighted by molar-refractivity contribution is 5.87. The number of benzene rings is 1. The standard InChI is InChI=1S/C22H25N3O3.2ClH/c1-23-5-4-18-15-28-21-3-2-17(12-20(18)21)19-10-16(13-24-14-19)11-22(26)25-6-8-27-9-7-25;;/h2-3,10,12-15,23H,4-9,11H2,1H3;2*1H. The molecule has 0 spiro atoms. The number of hydrogen-bond acceptors (Lipinski definition) is 5. The third-order valence-electron chi connectivity index (χ3n) is 5.15. The number of amides is 1. The number of rotatable bonds is 6. The van der Waals surface area contributed by atoms with Crippen molar-refractivity contribution in [2.75, 3.05) is 39.9 Å². The number of pyridine rings is 1. The van der Waals surface area contributed by atoms with Crippen LogP contribution in [0.25, 0.3) is 22.1 Å². The molecule has 0 aliphatic carbocycles. The molecule has 3 heterocycles. The highest BCUT2D eigenvalue weighted by atomic mass is 35.5. The van der Waals surface area contributed by atoms with E-state index < -0.39 is 0 Å². The number of halogens is 2. The van der Waals surface area contributed by atoms with Gasteiger partial charge in [-0.1, -0.05) is 6.07 Å². The van der Waals surface area contributed by atoms with Crippen LogP contribution in [0.15, 0.2) is 47.3 Å². The van der Waals surface area contributed by atoms with Gasteiger partial charge in [-0.2, -0.15) is 0 Å². The van der Waals surface area contributed by atoms with Gasteiger partial charge in [0.2, 0.25) is 5.91 Å². The number of carbonyl (C=O) groups excluding carboxylic acids is 1. The van der Waals surface area contributed by atoms with E-state index in [1.807, 2.05) is 36.5 Å². The van der Waals surface area contributed by atoms with Crippen LogP contribution in [0.3, 0.4) is 0 Å². The molecule has 8 heteroatoms. The van der Waals surface area contributed by atoms with E-state index in [0.717, 1.165) is 40.6 Å². The maximum Gasteiger partial charge on any atom is 0.227 e. The van der Waals surface area contributed by atoms with Crippen molar-refractivity contribution < 1.29 is 13.9 Å². The number of hydrogen-bond donors (Lipinski definition) is 1. The van der Waals surface area contributed by atoms with Crippen molar-refractivity contribution in [3.63, 3.8) is 0 Å². The maximum atomic E-state index is 12.5. The third-order valence-corrected chi connectivity index (χ3v) is 5.15. The SMILES string of the molecule is CNCCc1coc2ccc(-c3cncc(CC(=O)N4CCOCC4)c3)cc12.Cl.Cl. The van der Waals surface area contributed by atoms with Crippen LogP contribution in [0, 0.1) is 0 Å². The number of ether oxygens (including phenoxy) is 1. The van der Waals surface area contributed by atoms with Crippen LogP contribution in [-0.2, 0) is 22.4 Å². The van der Waals surface area contributed by atoms with Gasteiger partial charge in [0, 0.05) is 36.4 Å². The van der Waals surface area contributed by atoms with Gasteiger partial charge in [0.25, 0.3) is 0 Å². The Hall–Kier alpha value is -2.12. The van der Waals surface area contributed by atoms with Crippen LogP contribution in [-0.4, -0.2) is 55.7 Å². The highest BCUT2D eigenvalue weighted by Gasteiger charge is 2.17. The second kappa shape index (κ2) is 11.3. The van der Waals surface area contributed by atoms with Gasteiger partial charge in [0.1, 0.15) is 5.58 Å². The largest absolute Gasteiger partial charge is 0.464 e. The number of fused-ring (bicyclic) bond motifs is 1. The molecule has 1 saturated heterocycles. The third kappa shape index (κ3) is 5.52. The highest BCUT2D eigenvalue weighted by Crippen LogP contribution is 2.28. The lowest BCUT2D eigenvalue weighted by Gasteiger charge is -2.26. The van der Waals surface area contributed by atoms with Crippen LogP contribution in [0.4, 0.5) is 0 Å². The molecule has 3 aromatic rings. The summed E-state index contributed by atoms with van der Waals surface area (Å²) in [5, 5.41) is 4.30. The van der Waals surface area contributed by atoms with Gasteiger partial charge in [0.15, 0.2) is 0 Å². The molecule has 1 aliphatic heterocycles. The average Bonchev–Trinajstić information content (AvgIpc) is 3.15. The minimum absolute atomic E-state index is 0. The van der Waals surface area contributed by atoms with E-state index in [1.54, 1.807) is 6.20 Å². The number of nitrogens with zero attached hydrogens (tertiary/aromatic N) is 2. The molecule has 30 heavy (non-hydrogen) atoms. The van der Waals surface area contributed by atoms with Gasteiger partial charge in [-0.05, 0) is 54.9 Å². The summed E-state index contributed by atoms with van der Waals surface area (Å²) < 4.78 is 11.0. The second-order valence-electron chi connectivity index (χ2n) is 7.08. The zero-order chi connectivity index (χ0) is 19.3. The first-order chi connectivity index (χ1) is 13.7. The molecule has 1 aromatic carbocycles. The fraction of sp³-hybridized carbons (Fsp3) is 0.364. The first kappa shape index (κ1) is 24.2. The van der Waals surface area contributed by atoms with Crippen LogP contribution >= 0.6 is 24.8 Å². The Kier molecular flexibility index (Phi) is 9.11. The predicted octanol–water partition coefficient (Wildman–Crippen LogP) is 3.50. The van der Waals surface area contributed by atoms with E-state index in [1.165, 1.54) is 5.56 Å². The summed E-state index contributed by atoms with van der Waals surface area (Å²) >= 11 is 0. The molecule has 0 radical (unpaired) electrons. The van der Waals surface area contributed by atoms with Crippen molar-refractivity contribution in [1.29, 1.82) is 0 Å². The lowest BCUT2D eigenvalue weighted by atomic mass is 10.0. The van der Waals surface area contributed by atoms with Crippen molar-refractivity contribution in [1.82, 2.24) is 15.2 Å². The molecule has 4 rings (SSSR count). The molecule has 0 saturated carbocycles. The average molecular weight is 452 g/mol. The van der Waals surface area contributed by atoms with E-state index >= 15 is 0 Å². The monoisotopic (exact) mass is 451 g/mol. The maximum absolute atomic E-state index is 12.5. The Morgan fingerprint density at radius 3 is 2.70 bits per heavy atom. The van der Waals surface area contributed by atoms with Crippen molar-refractivity contribution in [3.8, 4) is 11.1 Å². The number of carbonyl (C=O) groups is 1. The first-order valence-electron chi connectivity index (χ1n) is 9.69. The Morgan fingerprint density at radius 1 is 1.13 bits per heavy atom. The van der Waals surface area contributed by atoms with Gasteiger partial charge < -0.3 is 19.4 Å². The topological polar surface area (TPSA) is 67.6 Å². The summed E-state index contributed by atoms with van der Waals surface area (Å²) in [6.07, 6.45) is 6.73. The van der Waals surface area contributed by atoms with Gasteiger partial charge >= 0.3 is 0 Å². The lowest BCUT2D eigenvalue weighted by Crippen LogP contribution is -2.41. The number of aromatic nitrogens is 1. The molecule has 1 amide bonds. The fourth-order valence-electron chi connectivity index (χ4n) is 3.56. The van der Waals surface area contributed by atoms with Crippen LogP contribution in [0.2, 0.25) is 0 Å². The van der Waals surface area contributed by atoms with Gasteiger partial charge in [-0.15, -0.1) is 24.8 Å². The Bertz CT molecular complexity index is 971. The van der Waals surface area contributed by atoms with E-state index in [-0.39, 0.29) is 30.7 Å². The molecule has 6 nitrogen and oxygen atoms in total. The summed E-state index contributed by atoms with van der Waals surface area (Å²) in [7, 11) is 1.95. The zero-order valence-corrected chi connectivity index (χ0v) is 18.6. The first-order valence-corrected chi connectivity index (χ1v) is 9.69. The molecule has 1 fully saturated rings. The molecule has 162 valence electrons. The van der Waals surface area contributed by atoms with Gasteiger partial charge in [0.05, 0.1) is 25.9 Å². The quantitative estimate of drug-likeness (QED) is 0.620. The molecular weight excluding hydrogens is 425 g/mol. The summed E-state index contributed by atoms with van der Waals surface area (Å²) in [5.41, 5.74) is 5.10. The van der Waals surface area contributed by atoms with Crippen LogP contribution in [0.5, 0.6) is 0 Å². The van der Waals surface area contributed by atoms with E-state index in [4.69, 9.17) is 9.15 Å². The van der Waals surface area contributed by atoms with Gasteiger partial charge in [-0.3, -0.25) is 9.78 Å². The Balaban J connectivity index is 0.00000160. The number of morpholine rings is 1. The molecule has 0 atom stereocenters. The number of likely N-dealkylation sites (N-methyl/N-ethyl adjacent to an activating group) is 1. The van der Waals surface area contributed by atoms with Crippen molar-refractivity contribution in [3.05, 3.63) is 54.0 Å². The summed E-state index contributed by atoms with van der Waals surface area (Å²) in [5.74, 6) is 0.127. The lowest BCUT2D eigenvalue weighted by molar-refractivity contribution is -0.134. The molecule has 1 N–H and O–H groups in total. The molecule has 1 aliphatic rings. The van der Waals surface area contributed by atoms with Crippen molar-refractivity contribution in [2.24, 2.45) is 0 Å². The minimum atomic E-state index is 0. The van der Waals surface area contributed by atoms with E-state index in [2.05, 4.69) is 22.4 Å². The minimum Gasteiger partial charge on any atom is -0.464 e. The Labute approximate surface area is 188 Å². The molecule has 0 unspecified atom stereocenters. The van der Waals surface area contributed by atoms with E-state index in [0.29, 0.717) is 32.7 Å². The normalized spacial score (nSPS) is 13.6. The molecular formula is C22H27Cl2N3O3. The second-order valence-corrected chi connectivity index (χ2v) is 7.08. The molecule has 0 bridgehead atoms. The predicted molar refractivity (Wildman–Crippen MR) is 123 cm³/mol. The van der Waals surface area contributed by atoms with Crippen molar-refractivity contribution in [2.45, 2.75) is 12.8 Å².